The van der Waals surface area contributed by atoms with E-state index in [-0.39, 0.29) is 6.61 Å². The van der Waals surface area contributed by atoms with Crippen LogP contribution in [0.3, 0.4) is 0 Å². The molecule has 0 radical (unpaired) electrons. The SMILES string of the molecule is C#CCOC(=O)On1ccnc1. The molecular formula is C7H6N2O3. The smallest absolute Gasteiger partial charge is 0.420 e. The number of aromatic nitrogens is 2. The maximum Gasteiger partial charge on any atom is 0.534 e. The van der Waals surface area contributed by atoms with Crippen molar-refractivity contribution in [3.05, 3.63) is 18.7 Å². The minimum Gasteiger partial charge on any atom is -0.420 e. The van der Waals surface area contributed by atoms with Crippen molar-refractivity contribution in [2.24, 2.45) is 0 Å². The van der Waals surface area contributed by atoms with Crippen molar-refractivity contribution in [3.63, 3.8) is 0 Å². The van der Waals surface area contributed by atoms with E-state index < -0.39 is 6.16 Å². The fraction of sp³-hybridized carbons (Fsp3) is 0.143. The van der Waals surface area contributed by atoms with Gasteiger partial charge in [-0.1, -0.05) is 5.92 Å². The minimum atomic E-state index is -0.856. The Morgan fingerprint density at radius 1 is 1.75 bits per heavy atom. The van der Waals surface area contributed by atoms with E-state index in [2.05, 4.69) is 20.5 Å². The van der Waals surface area contributed by atoms with Gasteiger partial charge in [-0.15, -0.1) is 6.42 Å². The first kappa shape index (κ1) is 8.14. The lowest BCUT2D eigenvalue weighted by Crippen LogP contribution is -2.19. The van der Waals surface area contributed by atoms with Crippen molar-refractivity contribution in [3.8, 4) is 12.3 Å². The Labute approximate surface area is 68.9 Å². The maximum absolute atomic E-state index is 10.7. The quantitative estimate of drug-likeness (QED) is 0.461. The molecule has 12 heavy (non-hydrogen) atoms. The van der Waals surface area contributed by atoms with Crippen LogP contribution in [0, 0.1) is 12.3 Å². The van der Waals surface area contributed by atoms with E-state index in [9.17, 15) is 4.79 Å². The molecule has 0 aliphatic carbocycles. The third-order valence-corrected chi connectivity index (χ3v) is 0.933. The zero-order valence-electron chi connectivity index (χ0n) is 6.14. The van der Waals surface area contributed by atoms with Gasteiger partial charge in [0.25, 0.3) is 0 Å². The molecule has 5 heteroatoms. The largest absolute Gasteiger partial charge is 0.534 e. The Bertz CT molecular complexity index is 286. The molecule has 0 amide bonds. The summed E-state index contributed by atoms with van der Waals surface area (Å²) in [4.78, 5) is 18.9. The highest BCUT2D eigenvalue weighted by Gasteiger charge is 2.02. The number of imidazole rings is 1. The number of hydrogen-bond donors (Lipinski definition) is 0. The fourth-order valence-electron chi connectivity index (χ4n) is 0.514. The molecule has 1 rings (SSSR count). The van der Waals surface area contributed by atoms with Crippen molar-refractivity contribution in [2.45, 2.75) is 0 Å². The summed E-state index contributed by atoms with van der Waals surface area (Å²) in [6.07, 6.45) is 8.23. The van der Waals surface area contributed by atoms with Crippen LogP contribution < -0.4 is 4.84 Å². The number of terminal acetylenes is 1. The van der Waals surface area contributed by atoms with E-state index in [1.807, 2.05) is 0 Å². The lowest BCUT2D eigenvalue weighted by atomic mass is 10.8. The molecule has 0 N–H and O–H groups in total. The number of carbonyl (C=O) groups excluding carboxylic acids is 1. The molecule has 0 aliphatic rings. The molecule has 0 aromatic carbocycles. The second kappa shape index (κ2) is 4.03. The fourth-order valence-corrected chi connectivity index (χ4v) is 0.514. The molecule has 0 spiro atoms. The first-order valence-electron chi connectivity index (χ1n) is 3.09. The lowest BCUT2D eigenvalue weighted by Gasteiger charge is -2.01. The van der Waals surface area contributed by atoms with E-state index in [1.54, 1.807) is 0 Å². The summed E-state index contributed by atoms with van der Waals surface area (Å²) in [6, 6.07) is 0. The average molecular weight is 166 g/mol. The summed E-state index contributed by atoms with van der Waals surface area (Å²) in [5.41, 5.74) is 0. The molecule has 0 bridgehead atoms. The summed E-state index contributed by atoms with van der Waals surface area (Å²) >= 11 is 0. The van der Waals surface area contributed by atoms with Crippen LogP contribution in [0.5, 0.6) is 0 Å². The Balaban J connectivity index is 2.33. The molecule has 1 heterocycles. The molecule has 0 unspecified atom stereocenters. The molecule has 0 saturated heterocycles. The van der Waals surface area contributed by atoms with Gasteiger partial charge in [0.05, 0.1) is 6.20 Å². The first-order chi connectivity index (χ1) is 5.83. The highest BCUT2D eigenvalue weighted by atomic mass is 16.8. The zero-order chi connectivity index (χ0) is 8.81. The molecule has 0 fully saturated rings. The third kappa shape index (κ3) is 2.34. The molecule has 1 aromatic heterocycles. The molecule has 0 atom stereocenters. The Morgan fingerprint density at radius 2 is 2.58 bits per heavy atom. The van der Waals surface area contributed by atoms with Gasteiger partial charge < -0.3 is 9.57 Å². The number of ether oxygens (including phenoxy) is 1. The highest BCUT2D eigenvalue weighted by molar-refractivity contribution is 5.60. The predicted octanol–water partition coefficient (Wildman–Crippen LogP) is 0.0815. The second-order valence-corrected chi connectivity index (χ2v) is 1.76. The van der Waals surface area contributed by atoms with Crippen LogP contribution in [-0.4, -0.2) is 22.5 Å². The summed E-state index contributed by atoms with van der Waals surface area (Å²) in [7, 11) is 0. The van der Waals surface area contributed by atoms with Crippen molar-refractivity contribution in [1.29, 1.82) is 0 Å². The Hall–Kier alpha value is -1.96. The molecular weight excluding hydrogens is 160 g/mol. The van der Waals surface area contributed by atoms with Gasteiger partial charge in [0.15, 0.2) is 6.61 Å². The number of nitrogens with zero attached hydrogens (tertiary/aromatic N) is 2. The van der Waals surface area contributed by atoms with Crippen molar-refractivity contribution in [2.75, 3.05) is 6.61 Å². The molecule has 0 saturated carbocycles. The van der Waals surface area contributed by atoms with Crippen LogP contribution in [0.2, 0.25) is 0 Å². The van der Waals surface area contributed by atoms with E-state index >= 15 is 0 Å². The second-order valence-electron chi connectivity index (χ2n) is 1.76. The van der Waals surface area contributed by atoms with Gasteiger partial charge in [-0.2, -0.15) is 4.73 Å². The van der Waals surface area contributed by atoms with Gasteiger partial charge >= 0.3 is 6.16 Å². The first-order valence-corrected chi connectivity index (χ1v) is 3.09. The summed E-state index contributed by atoms with van der Waals surface area (Å²) in [5, 5.41) is 0. The standard InChI is InChI=1S/C7H6N2O3/c1-2-5-11-7(10)12-9-4-3-8-6-9/h1,3-4,6H,5H2. The van der Waals surface area contributed by atoms with E-state index in [1.165, 1.54) is 18.7 Å². The van der Waals surface area contributed by atoms with Crippen LogP contribution in [0.25, 0.3) is 0 Å². The molecule has 62 valence electrons. The van der Waals surface area contributed by atoms with Gasteiger partial charge in [-0.05, 0) is 0 Å². The third-order valence-electron chi connectivity index (χ3n) is 0.933. The highest BCUT2D eigenvalue weighted by Crippen LogP contribution is 1.84. The molecule has 1 aromatic rings. The number of rotatable bonds is 2. The topological polar surface area (TPSA) is 53.4 Å². The number of hydrogen-bond acceptors (Lipinski definition) is 4. The van der Waals surface area contributed by atoms with Crippen molar-refractivity contribution in [1.82, 2.24) is 9.71 Å². The maximum atomic E-state index is 10.7. The molecule has 5 nitrogen and oxygen atoms in total. The monoisotopic (exact) mass is 166 g/mol. The Morgan fingerprint density at radius 3 is 3.17 bits per heavy atom. The van der Waals surface area contributed by atoms with Crippen LogP contribution in [0.1, 0.15) is 0 Å². The van der Waals surface area contributed by atoms with Crippen molar-refractivity contribution < 1.29 is 14.4 Å². The van der Waals surface area contributed by atoms with Crippen LogP contribution in [-0.2, 0) is 4.74 Å². The summed E-state index contributed by atoms with van der Waals surface area (Å²) < 4.78 is 5.53. The van der Waals surface area contributed by atoms with Gasteiger partial charge in [0.2, 0.25) is 0 Å². The van der Waals surface area contributed by atoms with Crippen molar-refractivity contribution >= 4 is 6.16 Å². The van der Waals surface area contributed by atoms with E-state index in [4.69, 9.17) is 6.42 Å². The summed E-state index contributed by atoms with van der Waals surface area (Å²) in [6.45, 7) is -0.104. The average Bonchev–Trinajstić information content (AvgIpc) is 2.53. The van der Waals surface area contributed by atoms with Gasteiger partial charge in [0, 0.05) is 6.20 Å². The normalized spacial score (nSPS) is 8.58. The van der Waals surface area contributed by atoms with Crippen LogP contribution in [0.15, 0.2) is 18.7 Å². The zero-order valence-corrected chi connectivity index (χ0v) is 6.14. The number of carbonyl (C=O) groups is 1. The van der Waals surface area contributed by atoms with Gasteiger partial charge in [-0.25, -0.2) is 9.78 Å². The lowest BCUT2D eigenvalue weighted by molar-refractivity contribution is 0.0564. The van der Waals surface area contributed by atoms with Crippen LogP contribution in [0.4, 0.5) is 4.79 Å². The predicted molar refractivity (Wildman–Crippen MR) is 39.0 cm³/mol. The van der Waals surface area contributed by atoms with E-state index in [0.29, 0.717) is 0 Å². The summed E-state index contributed by atoms with van der Waals surface area (Å²) in [5.74, 6) is 2.13. The van der Waals surface area contributed by atoms with Gasteiger partial charge in [0.1, 0.15) is 6.33 Å². The minimum absolute atomic E-state index is 0.104. The molecule has 0 aliphatic heterocycles. The van der Waals surface area contributed by atoms with Crippen LogP contribution >= 0.6 is 0 Å². The van der Waals surface area contributed by atoms with Gasteiger partial charge in [-0.3, -0.25) is 0 Å². The van der Waals surface area contributed by atoms with E-state index in [0.717, 1.165) is 4.73 Å². The Kier molecular flexibility index (Phi) is 2.73.